The minimum absolute atomic E-state index is 0.211. The van der Waals surface area contributed by atoms with Crippen molar-refractivity contribution < 1.29 is 19.4 Å². The highest BCUT2D eigenvalue weighted by Gasteiger charge is 1.81. The molecule has 4 nitrogen and oxygen atoms in total. The molecule has 0 fully saturated rings. The van der Waals surface area contributed by atoms with Crippen molar-refractivity contribution in [1.82, 2.24) is 0 Å². The van der Waals surface area contributed by atoms with Crippen molar-refractivity contribution in [2.75, 3.05) is 12.5 Å². The van der Waals surface area contributed by atoms with Gasteiger partial charge in [-0.05, 0) is 6.92 Å². The fourth-order valence-electron chi connectivity index (χ4n) is 0.203. The van der Waals surface area contributed by atoms with Crippen LogP contribution in [0.2, 0.25) is 0 Å². The van der Waals surface area contributed by atoms with E-state index in [-0.39, 0.29) is 5.97 Å². The van der Waals surface area contributed by atoms with Crippen LogP contribution in [-0.4, -0.2) is 29.5 Å². The van der Waals surface area contributed by atoms with Gasteiger partial charge in [0.1, 0.15) is 0 Å². The Labute approximate surface area is 83.8 Å². The summed E-state index contributed by atoms with van der Waals surface area (Å²) in [4.78, 5) is 18.8. The smallest absolute Gasteiger partial charge is 0.302 e. The topological polar surface area (TPSA) is 63.6 Å². The molecule has 0 aromatic rings. The van der Waals surface area contributed by atoms with E-state index in [0.29, 0.717) is 6.61 Å². The Kier molecular flexibility index (Phi) is 24.2. The van der Waals surface area contributed by atoms with Crippen LogP contribution in [0.15, 0.2) is 0 Å². The van der Waals surface area contributed by atoms with Crippen LogP contribution >= 0.6 is 11.6 Å². The Morgan fingerprint density at radius 3 is 1.54 bits per heavy atom. The molecule has 0 unspecified atom stereocenters. The maximum atomic E-state index is 9.82. The number of rotatable bonds is 1. The molecular weight excluding hydrogens is 196 g/mol. The van der Waals surface area contributed by atoms with E-state index in [4.69, 9.17) is 21.5 Å². The Morgan fingerprint density at radius 1 is 1.31 bits per heavy atom. The number of aliphatic carboxylic acids is 1. The van der Waals surface area contributed by atoms with E-state index in [1.54, 1.807) is 6.92 Å². The largest absolute Gasteiger partial charge is 0.481 e. The first-order valence-corrected chi connectivity index (χ1v) is 4.34. The molecule has 0 aromatic carbocycles. The molecule has 0 saturated heterocycles. The van der Waals surface area contributed by atoms with Gasteiger partial charge >= 0.3 is 5.97 Å². The second-order valence-electron chi connectivity index (χ2n) is 1.71. The van der Waals surface area contributed by atoms with E-state index in [1.165, 1.54) is 6.92 Å². The molecule has 13 heavy (non-hydrogen) atoms. The van der Waals surface area contributed by atoms with Gasteiger partial charge in [0.05, 0.1) is 6.61 Å². The zero-order chi connectivity index (χ0) is 11.3. The average molecular weight is 213 g/mol. The zero-order valence-electron chi connectivity index (χ0n) is 8.46. The lowest BCUT2D eigenvalue weighted by molar-refractivity contribution is -0.140. The summed E-state index contributed by atoms with van der Waals surface area (Å²) < 4.78 is 4.40. The Morgan fingerprint density at radius 2 is 1.54 bits per heavy atom. The van der Waals surface area contributed by atoms with Gasteiger partial charge in [-0.15, -0.1) is 11.6 Å². The molecule has 1 N–H and O–H groups in total. The average Bonchev–Trinajstić information content (AvgIpc) is 1.86. The van der Waals surface area contributed by atoms with Gasteiger partial charge in [0.15, 0.2) is 0 Å². The molecule has 0 aliphatic heterocycles. The SMILES string of the molecule is CC(=O)O.CCCl.CCOC(C)=O. The van der Waals surface area contributed by atoms with Gasteiger partial charge < -0.3 is 9.84 Å². The first-order valence-electron chi connectivity index (χ1n) is 3.81. The van der Waals surface area contributed by atoms with Crippen LogP contribution in [0.4, 0.5) is 0 Å². The van der Waals surface area contributed by atoms with Crippen LogP contribution in [0.1, 0.15) is 27.7 Å². The molecule has 0 spiro atoms. The molecule has 0 amide bonds. The molecule has 0 atom stereocenters. The summed E-state index contributed by atoms with van der Waals surface area (Å²) in [6, 6.07) is 0. The number of ether oxygens (including phenoxy) is 1. The van der Waals surface area contributed by atoms with E-state index >= 15 is 0 Å². The molecule has 0 aliphatic rings. The molecule has 0 heterocycles. The summed E-state index contributed by atoms with van der Waals surface area (Å²) in [5, 5.41) is 7.42. The van der Waals surface area contributed by atoms with E-state index in [2.05, 4.69) is 4.74 Å². The normalized spacial score (nSPS) is 6.85. The Bertz CT molecular complexity index is 121. The van der Waals surface area contributed by atoms with Crippen LogP contribution in [-0.2, 0) is 14.3 Å². The fourth-order valence-corrected chi connectivity index (χ4v) is 0.203. The van der Waals surface area contributed by atoms with Crippen LogP contribution in [0.3, 0.4) is 0 Å². The lowest BCUT2D eigenvalue weighted by Gasteiger charge is -1.89. The highest BCUT2D eigenvalue weighted by Crippen LogP contribution is 1.69. The first kappa shape index (κ1) is 18.1. The van der Waals surface area contributed by atoms with Crippen molar-refractivity contribution in [2.24, 2.45) is 0 Å². The first-order chi connectivity index (χ1) is 5.92. The number of carboxylic acids is 1. The van der Waals surface area contributed by atoms with Crippen LogP contribution in [0.5, 0.6) is 0 Å². The molecular formula is C8H17ClO4. The summed E-state index contributed by atoms with van der Waals surface area (Å²) >= 11 is 5.00. The van der Waals surface area contributed by atoms with Gasteiger partial charge in [0.2, 0.25) is 0 Å². The minimum Gasteiger partial charge on any atom is -0.481 e. The van der Waals surface area contributed by atoms with E-state index in [0.717, 1.165) is 12.8 Å². The van der Waals surface area contributed by atoms with Gasteiger partial charge in [0.25, 0.3) is 5.97 Å². The lowest BCUT2D eigenvalue weighted by Crippen LogP contribution is -1.95. The number of hydrogen-bond acceptors (Lipinski definition) is 3. The third kappa shape index (κ3) is 192. The second-order valence-corrected chi connectivity index (χ2v) is 2.25. The maximum Gasteiger partial charge on any atom is 0.302 e. The number of halogens is 1. The molecule has 0 rings (SSSR count). The van der Waals surface area contributed by atoms with Gasteiger partial charge in [-0.1, -0.05) is 6.92 Å². The predicted octanol–water partition coefficient (Wildman–Crippen LogP) is 1.91. The molecule has 0 aromatic heterocycles. The Hall–Kier alpha value is -0.770. The summed E-state index contributed by atoms with van der Waals surface area (Å²) in [6.07, 6.45) is 0. The molecule has 80 valence electrons. The van der Waals surface area contributed by atoms with Crippen molar-refractivity contribution in [3.05, 3.63) is 0 Å². The highest BCUT2D eigenvalue weighted by atomic mass is 35.5. The summed E-state index contributed by atoms with van der Waals surface area (Å²) in [6.45, 7) is 6.63. The summed E-state index contributed by atoms with van der Waals surface area (Å²) in [5.41, 5.74) is 0. The van der Waals surface area contributed by atoms with Crippen molar-refractivity contribution in [1.29, 1.82) is 0 Å². The number of carbonyl (C=O) groups excluding carboxylic acids is 1. The van der Waals surface area contributed by atoms with Crippen molar-refractivity contribution >= 4 is 23.5 Å². The van der Waals surface area contributed by atoms with E-state index < -0.39 is 5.97 Å². The summed E-state index contributed by atoms with van der Waals surface area (Å²) in [5.74, 6) is -0.322. The third-order valence-electron chi connectivity index (χ3n) is 0.348. The fraction of sp³-hybridized carbons (Fsp3) is 0.750. The molecule has 0 radical (unpaired) electrons. The van der Waals surface area contributed by atoms with Crippen molar-refractivity contribution in [3.63, 3.8) is 0 Å². The van der Waals surface area contributed by atoms with E-state index in [9.17, 15) is 4.79 Å². The van der Waals surface area contributed by atoms with Crippen LogP contribution in [0, 0.1) is 0 Å². The zero-order valence-corrected chi connectivity index (χ0v) is 9.22. The molecule has 0 bridgehead atoms. The van der Waals surface area contributed by atoms with Gasteiger partial charge in [-0.3, -0.25) is 9.59 Å². The summed E-state index contributed by atoms with van der Waals surface area (Å²) in [7, 11) is 0. The van der Waals surface area contributed by atoms with E-state index in [1.807, 2.05) is 6.92 Å². The van der Waals surface area contributed by atoms with Gasteiger partial charge in [-0.2, -0.15) is 0 Å². The molecule has 0 aliphatic carbocycles. The number of esters is 1. The number of carbonyl (C=O) groups is 2. The van der Waals surface area contributed by atoms with Crippen molar-refractivity contribution in [3.8, 4) is 0 Å². The Balaban J connectivity index is -0.000000125. The predicted molar refractivity (Wildman–Crippen MR) is 52.0 cm³/mol. The van der Waals surface area contributed by atoms with Crippen molar-refractivity contribution in [2.45, 2.75) is 27.7 Å². The quantitative estimate of drug-likeness (QED) is 0.533. The standard InChI is InChI=1S/C4H8O2.C2H5Cl.C2H4O2/c1-3-6-4(2)5;1-2-3;1-2(3)4/h3H2,1-2H3;2H2,1H3;1H3,(H,3,4). The second kappa shape index (κ2) is 17.4. The molecule has 0 saturated carbocycles. The minimum atomic E-state index is -0.833. The molecule has 5 heteroatoms. The third-order valence-corrected chi connectivity index (χ3v) is 0.348. The van der Waals surface area contributed by atoms with Crippen LogP contribution < -0.4 is 0 Å². The van der Waals surface area contributed by atoms with Gasteiger partial charge in [0, 0.05) is 19.7 Å². The van der Waals surface area contributed by atoms with Gasteiger partial charge in [-0.25, -0.2) is 0 Å². The monoisotopic (exact) mass is 212 g/mol. The number of hydrogen-bond donors (Lipinski definition) is 1. The number of carboxylic acid groups (broad SMARTS) is 1. The van der Waals surface area contributed by atoms with Crippen LogP contribution in [0.25, 0.3) is 0 Å². The highest BCUT2D eigenvalue weighted by molar-refractivity contribution is 6.17. The number of alkyl halides is 1. The maximum absolute atomic E-state index is 9.82. The lowest BCUT2D eigenvalue weighted by atomic mass is 10.8.